The first kappa shape index (κ1) is 20.6. The molecular formula is C16H19Cl2N3O2S. The van der Waals surface area contributed by atoms with Gasteiger partial charge in [-0.3, -0.25) is 10.1 Å². The van der Waals surface area contributed by atoms with E-state index in [9.17, 15) is 4.79 Å². The first-order chi connectivity index (χ1) is 10.8. The predicted octanol–water partition coefficient (Wildman–Crippen LogP) is 3.00. The monoisotopic (exact) mass is 387 g/mol. The van der Waals surface area contributed by atoms with Crippen molar-refractivity contribution in [1.82, 2.24) is 15.6 Å². The Morgan fingerprint density at radius 3 is 2.67 bits per heavy atom. The number of hydrogen-bond acceptors (Lipinski definition) is 5. The molecule has 1 saturated heterocycles. The molecule has 1 atom stereocenters. The third kappa shape index (κ3) is 5.87. The minimum atomic E-state index is -0.0846. The average molecular weight is 388 g/mol. The fourth-order valence-electron chi connectivity index (χ4n) is 2.06. The minimum absolute atomic E-state index is 0. The number of nitrogens with one attached hydrogen (secondary N) is 2. The molecule has 0 bridgehead atoms. The quantitative estimate of drug-likeness (QED) is 0.825. The van der Waals surface area contributed by atoms with Crippen LogP contribution in [0.25, 0.3) is 0 Å². The Kier molecular flexibility index (Phi) is 8.92. The maximum Gasteiger partial charge on any atom is 0.238 e. The predicted molar refractivity (Wildman–Crippen MR) is 101 cm³/mol. The van der Waals surface area contributed by atoms with Crippen molar-refractivity contribution < 1.29 is 9.53 Å². The molecule has 2 aromatic rings. The second-order valence-electron chi connectivity index (χ2n) is 4.91. The van der Waals surface area contributed by atoms with Gasteiger partial charge in [-0.1, -0.05) is 24.3 Å². The number of hydrogen-bond donors (Lipinski definition) is 2. The summed E-state index contributed by atoms with van der Waals surface area (Å²) in [6.07, 6.45) is 1.72. The Morgan fingerprint density at radius 2 is 2.04 bits per heavy atom. The summed E-state index contributed by atoms with van der Waals surface area (Å²) in [6.45, 7) is 0.473. The zero-order valence-corrected chi connectivity index (χ0v) is 15.3. The zero-order chi connectivity index (χ0) is 15.2. The van der Waals surface area contributed by atoms with Crippen molar-refractivity contribution in [3.05, 3.63) is 54.2 Å². The summed E-state index contributed by atoms with van der Waals surface area (Å²) in [5.74, 6) is 2.99. The summed E-state index contributed by atoms with van der Waals surface area (Å²) < 4.78 is 5.63. The molecule has 0 aliphatic carbocycles. The van der Waals surface area contributed by atoms with E-state index in [2.05, 4.69) is 15.6 Å². The first-order valence-electron chi connectivity index (χ1n) is 7.08. The Hall–Kier alpha value is -1.47. The van der Waals surface area contributed by atoms with Crippen molar-refractivity contribution >= 4 is 42.5 Å². The smallest absolute Gasteiger partial charge is 0.238 e. The number of halogens is 2. The van der Waals surface area contributed by atoms with Crippen molar-refractivity contribution in [1.29, 1.82) is 0 Å². The van der Waals surface area contributed by atoms with Crippen LogP contribution in [-0.4, -0.2) is 28.6 Å². The van der Waals surface area contributed by atoms with Crippen molar-refractivity contribution in [2.45, 2.75) is 12.6 Å². The van der Waals surface area contributed by atoms with Crippen LogP contribution in [0, 0.1) is 0 Å². The van der Waals surface area contributed by atoms with E-state index < -0.39 is 0 Å². The highest BCUT2D eigenvalue weighted by Crippen LogP contribution is 2.18. The van der Waals surface area contributed by atoms with E-state index in [-0.39, 0.29) is 36.8 Å². The number of carbonyl (C=O) groups excluding carboxylic acids is 1. The molecule has 2 heterocycles. The van der Waals surface area contributed by atoms with Gasteiger partial charge in [0.15, 0.2) is 0 Å². The lowest BCUT2D eigenvalue weighted by Crippen LogP contribution is -2.41. The molecule has 24 heavy (non-hydrogen) atoms. The molecule has 0 radical (unpaired) electrons. The second kappa shape index (κ2) is 10.4. The first-order valence-corrected chi connectivity index (χ1v) is 8.23. The molecule has 1 fully saturated rings. The minimum Gasteiger partial charge on any atom is -0.439 e. The van der Waals surface area contributed by atoms with Crippen LogP contribution in [0.2, 0.25) is 0 Å². The Balaban J connectivity index is 0.00000144. The summed E-state index contributed by atoms with van der Waals surface area (Å²) in [6, 6.07) is 13.1. The molecule has 8 heteroatoms. The van der Waals surface area contributed by atoms with Gasteiger partial charge in [-0.15, -0.1) is 36.6 Å². The van der Waals surface area contributed by atoms with Gasteiger partial charge in [0.1, 0.15) is 5.75 Å². The Morgan fingerprint density at radius 1 is 1.25 bits per heavy atom. The van der Waals surface area contributed by atoms with E-state index in [4.69, 9.17) is 4.74 Å². The number of rotatable bonds is 5. The van der Waals surface area contributed by atoms with Gasteiger partial charge in [0.2, 0.25) is 11.8 Å². The average Bonchev–Trinajstić information content (AvgIpc) is 3.09. The molecule has 1 aliphatic heterocycles. The number of pyridine rings is 1. The van der Waals surface area contributed by atoms with Gasteiger partial charge in [-0.05, 0) is 17.7 Å². The van der Waals surface area contributed by atoms with Crippen LogP contribution in [0.1, 0.15) is 5.56 Å². The van der Waals surface area contributed by atoms with Crippen LogP contribution in [0.5, 0.6) is 11.6 Å². The van der Waals surface area contributed by atoms with Gasteiger partial charge in [0, 0.05) is 30.4 Å². The van der Waals surface area contributed by atoms with Gasteiger partial charge >= 0.3 is 0 Å². The molecule has 1 aromatic carbocycles. The zero-order valence-electron chi connectivity index (χ0n) is 12.8. The number of benzene rings is 1. The fraction of sp³-hybridized carbons (Fsp3) is 0.250. The van der Waals surface area contributed by atoms with Gasteiger partial charge in [-0.25, -0.2) is 4.98 Å². The maximum absolute atomic E-state index is 11.9. The summed E-state index contributed by atoms with van der Waals surface area (Å²) in [5.41, 5.74) is 0.944. The normalized spacial score (nSPS) is 15.8. The number of carbonyl (C=O) groups is 1. The van der Waals surface area contributed by atoms with Crippen molar-refractivity contribution in [2.24, 2.45) is 0 Å². The van der Waals surface area contributed by atoms with Crippen LogP contribution in [-0.2, 0) is 11.3 Å². The molecule has 1 amide bonds. The molecule has 1 unspecified atom stereocenters. The summed E-state index contributed by atoms with van der Waals surface area (Å²) in [4.78, 5) is 16.2. The van der Waals surface area contributed by atoms with Gasteiger partial charge in [0.05, 0.1) is 6.04 Å². The van der Waals surface area contributed by atoms with E-state index in [1.54, 1.807) is 24.0 Å². The second-order valence-corrected chi connectivity index (χ2v) is 5.94. The van der Waals surface area contributed by atoms with Crippen molar-refractivity contribution in [2.75, 3.05) is 11.6 Å². The van der Waals surface area contributed by atoms with Crippen molar-refractivity contribution in [3.8, 4) is 11.6 Å². The molecule has 1 aromatic heterocycles. The van der Waals surface area contributed by atoms with Gasteiger partial charge < -0.3 is 10.1 Å². The SMILES string of the molecule is Cl.Cl.O=C(NCc1ccc(Oc2ccccc2)nc1)C1CSCN1. The highest BCUT2D eigenvalue weighted by Gasteiger charge is 2.21. The van der Waals surface area contributed by atoms with Gasteiger partial charge in [-0.2, -0.15) is 0 Å². The molecule has 3 rings (SSSR count). The highest BCUT2D eigenvalue weighted by atomic mass is 35.5. The molecule has 5 nitrogen and oxygen atoms in total. The van der Waals surface area contributed by atoms with Crippen LogP contribution < -0.4 is 15.4 Å². The number of nitrogens with zero attached hydrogens (tertiary/aromatic N) is 1. The third-order valence-corrected chi connectivity index (χ3v) is 4.20. The van der Waals surface area contributed by atoms with E-state index in [0.29, 0.717) is 12.4 Å². The topological polar surface area (TPSA) is 63.2 Å². The molecular weight excluding hydrogens is 369 g/mol. The number of thioether (sulfide) groups is 1. The molecule has 130 valence electrons. The lowest BCUT2D eigenvalue weighted by molar-refractivity contribution is -0.122. The maximum atomic E-state index is 11.9. The lowest BCUT2D eigenvalue weighted by atomic mass is 10.2. The summed E-state index contributed by atoms with van der Waals surface area (Å²) in [5, 5.41) is 6.06. The Labute approximate surface area is 157 Å². The van der Waals surface area contributed by atoms with E-state index in [1.165, 1.54) is 0 Å². The summed E-state index contributed by atoms with van der Waals surface area (Å²) >= 11 is 1.73. The van der Waals surface area contributed by atoms with E-state index >= 15 is 0 Å². The van der Waals surface area contributed by atoms with E-state index in [0.717, 1.165) is 22.9 Å². The van der Waals surface area contributed by atoms with E-state index in [1.807, 2.05) is 36.4 Å². The van der Waals surface area contributed by atoms with Gasteiger partial charge in [0.25, 0.3) is 0 Å². The van der Waals surface area contributed by atoms with Crippen LogP contribution in [0.3, 0.4) is 0 Å². The van der Waals surface area contributed by atoms with Crippen LogP contribution in [0.4, 0.5) is 0 Å². The Bertz CT molecular complexity index is 623. The largest absolute Gasteiger partial charge is 0.439 e. The molecule has 2 N–H and O–H groups in total. The third-order valence-electron chi connectivity index (χ3n) is 3.26. The molecule has 1 aliphatic rings. The number of amides is 1. The fourth-order valence-corrected chi connectivity index (χ4v) is 3.00. The van der Waals surface area contributed by atoms with Crippen molar-refractivity contribution in [3.63, 3.8) is 0 Å². The molecule has 0 saturated carbocycles. The van der Waals surface area contributed by atoms with Crippen LogP contribution >= 0.6 is 36.6 Å². The highest BCUT2D eigenvalue weighted by molar-refractivity contribution is 7.99. The number of ether oxygens (including phenoxy) is 1. The summed E-state index contributed by atoms with van der Waals surface area (Å²) in [7, 11) is 0. The van der Waals surface area contributed by atoms with Crippen LogP contribution in [0.15, 0.2) is 48.7 Å². The molecule has 0 spiro atoms. The number of para-hydroxylation sites is 1. The lowest BCUT2D eigenvalue weighted by Gasteiger charge is -2.10. The standard InChI is InChI=1S/C16H17N3O2S.2ClH/c20-16(14-10-22-11-19-14)18-9-12-6-7-15(17-8-12)21-13-4-2-1-3-5-13;;/h1-8,14,19H,9-11H2,(H,18,20);2*1H. The number of aromatic nitrogens is 1.